The number of nitrogens with one attached hydrogen (secondary N) is 2. The van der Waals surface area contributed by atoms with Gasteiger partial charge in [0.2, 0.25) is 0 Å². The summed E-state index contributed by atoms with van der Waals surface area (Å²) >= 11 is 0. The second kappa shape index (κ2) is 5.25. The van der Waals surface area contributed by atoms with Gasteiger partial charge in [0.05, 0.1) is 5.69 Å². The number of H-pyrrole nitrogens is 1. The summed E-state index contributed by atoms with van der Waals surface area (Å²) in [4.78, 5) is 11.7. The zero-order valence-corrected chi connectivity index (χ0v) is 12.1. The average Bonchev–Trinajstić information content (AvgIpc) is 3.15. The summed E-state index contributed by atoms with van der Waals surface area (Å²) in [7, 11) is 0. The molecule has 0 amide bonds. The Labute approximate surface area is 119 Å². The van der Waals surface area contributed by atoms with Crippen molar-refractivity contribution < 1.29 is 0 Å². The lowest BCUT2D eigenvalue weighted by molar-refractivity contribution is 0.489. The minimum atomic E-state index is 0.508. The van der Waals surface area contributed by atoms with Crippen LogP contribution in [0.2, 0.25) is 0 Å². The first-order chi connectivity index (χ1) is 9.76. The van der Waals surface area contributed by atoms with Gasteiger partial charge in [-0.15, -0.1) is 0 Å². The third-order valence-corrected chi connectivity index (χ3v) is 4.31. The Morgan fingerprint density at radius 3 is 3.10 bits per heavy atom. The first kappa shape index (κ1) is 13.1. The van der Waals surface area contributed by atoms with Gasteiger partial charge in [-0.3, -0.25) is 4.57 Å². The van der Waals surface area contributed by atoms with Crippen LogP contribution in [0.1, 0.15) is 30.8 Å². The highest BCUT2D eigenvalue weighted by Crippen LogP contribution is 2.34. The summed E-state index contributed by atoms with van der Waals surface area (Å²) in [5.74, 6) is 2.97. The molecule has 2 N–H and O–H groups in total. The fourth-order valence-electron chi connectivity index (χ4n) is 3.20. The molecule has 2 aromatic heterocycles. The molecule has 5 heteroatoms. The molecular formula is C15H21N5. The third kappa shape index (κ3) is 1.98. The van der Waals surface area contributed by atoms with Crippen LogP contribution in [0.15, 0.2) is 23.5 Å². The van der Waals surface area contributed by atoms with E-state index >= 15 is 0 Å². The normalized spacial score (nSPS) is 22.3. The molecule has 1 saturated heterocycles. The predicted octanol–water partition coefficient (Wildman–Crippen LogP) is 2.55. The van der Waals surface area contributed by atoms with Crippen molar-refractivity contribution in [2.24, 2.45) is 10.9 Å². The molecule has 0 aliphatic carbocycles. The molecule has 20 heavy (non-hydrogen) atoms. The van der Waals surface area contributed by atoms with Gasteiger partial charge in [-0.25, -0.2) is 9.98 Å². The van der Waals surface area contributed by atoms with Gasteiger partial charge >= 0.3 is 0 Å². The minimum Gasteiger partial charge on any atom is -0.345 e. The average molecular weight is 271 g/mol. The molecule has 5 nitrogen and oxygen atoms in total. The monoisotopic (exact) mass is 271 g/mol. The molecule has 0 spiro atoms. The SMILES string of the molecule is C=Nc1[nH]ccc1-n1c(C2CNCC2CC)cnc1C. The molecular weight excluding hydrogens is 250 g/mol. The van der Waals surface area contributed by atoms with Crippen molar-refractivity contribution in [1.82, 2.24) is 19.9 Å². The van der Waals surface area contributed by atoms with Crippen molar-refractivity contribution in [3.8, 4) is 5.69 Å². The zero-order chi connectivity index (χ0) is 14.1. The smallest absolute Gasteiger partial charge is 0.153 e. The quantitative estimate of drug-likeness (QED) is 0.840. The van der Waals surface area contributed by atoms with Crippen molar-refractivity contribution in [2.75, 3.05) is 13.1 Å². The molecule has 1 fully saturated rings. The van der Waals surface area contributed by atoms with Crippen molar-refractivity contribution in [3.05, 3.63) is 30.0 Å². The molecule has 3 rings (SSSR count). The number of aryl methyl sites for hydroxylation is 1. The largest absolute Gasteiger partial charge is 0.345 e. The van der Waals surface area contributed by atoms with Crippen LogP contribution >= 0.6 is 0 Å². The summed E-state index contributed by atoms with van der Waals surface area (Å²) < 4.78 is 2.21. The maximum atomic E-state index is 4.52. The van der Waals surface area contributed by atoms with Crippen LogP contribution in [0, 0.1) is 12.8 Å². The Bertz CT molecular complexity index is 610. The Hall–Kier alpha value is -1.88. The maximum absolute atomic E-state index is 4.52. The molecule has 0 bridgehead atoms. The Kier molecular flexibility index (Phi) is 3.44. The molecule has 3 heterocycles. The van der Waals surface area contributed by atoms with Crippen LogP contribution in [0.25, 0.3) is 5.69 Å². The predicted molar refractivity (Wildman–Crippen MR) is 81.3 cm³/mol. The van der Waals surface area contributed by atoms with Crippen molar-refractivity contribution >= 4 is 12.5 Å². The number of aromatic nitrogens is 3. The van der Waals surface area contributed by atoms with Crippen molar-refractivity contribution in [1.29, 1.82) is 0 Å². The van der Waals surface area contributed by atoms with Crippen LogP contribution in [0.4, 0.5) is 5.82 Å². The van der Waals surface area contributed by atoms with Crippen LogP contribution in [-0.4, -0.2) is 34.3 Å². The standard InChI is InChI=1S/C15H21N5/c1-4-11-7-17-8-12(11)14-9-19-10(2)20(14)13-5-6-18-15(13)16-3/h5-6,9,11-12,17-18H,3-4,7-8H2,1-2H3. The fraction of sp³-hybridized carbons (Fsp3) is 0.467. The lowest BCUT2D eigenvalue weighted by atomic mass is 9.91. The van der Waals surface area contributed by atoms with Crippen LogP contribution in [-0.2, 0) is 0 Å². The van der Waals surface area contributed by atoms with Crippen LogP contribution in [0.3, 0.4) is 0 Å². The Balaban J connectivity index is 2.08. The van der Waals surface area contributed by atoms with Gasteiger partial charge < -0.3 is 10.3 Å². The van der Waals surface area contributed by atoms with E-state index in [0.29, 0.717) is 11.8 Å². The van der Waals surface area contributed by atoms with E-state index in [1.807, 2.05) is 25.4 Å². The molecule has 0 radical (unpaired) electrons. The maximum Gasteiger partial charge on any atom is 0.153 e. The molecule has 0 aromatic carbocycles. The van der Waals surface area contributed by atoms with Gasteiger partial charge in [0.25, 0.3) is 0 Å². The number of rotatable bonds is 4. The molecule has 106 valence electrons. The lowest BCUT2D eigenvalue weighted by Crippen LogP contribution is -2.14. The van der Waals surface area contributed by atoms with E-state index in [4.69, 9.17) is 0 Å². The number of imidazole rings is 1. The molecule has 2 aromatic rings. The van der Waals surface area contributed by atoms with Crippen molar-refractivity contribution in [3.63, 3.8) is 0 Å². The van der Waals surface area contributed by atoms with Gasteiger partial charge in [-0.05, 0) is 32.2 Å². The van der Waals surface area contributed by atoms with E-state index in [9.17, 15) is 0 Å². The van der Waals surface area contributed by atoms with Gasteiger partial charge in [0, 0.05) is 30.6 Å². The first-order valence-corrected chi connectivity index (χ1v) is 7.15. The van der Waals surface area contributed by atoms with E-state index in [0.717, 1.165) is 30.4 Å². The molecule has 1 aliphatic rings. The minimum absolute atomic E-state index is 0.508. The van der Waals surface area contributed by atoms with E-state index < -0.39 is 0 Å². The number of hydrogen-bond donors (Lipinski definition) is 2. The van der Waals surface area contributed by atoms with E-state index in [1.54, 1.807) is 0 Å². The number of hydrogen-bond acceptors (Lipinski definition) is 3. The second-order valence-electron chi connectivity index (χ2n) is 5.37. The highest BCUT2D eigenvalue weighted by atomic mass is 15.1. The molecule has 2 atom stereocenters. The van der Waals surface area contributed by atoms with Crippen LogP contribution < -0.4 is 5.32 Å². The third-order valence-electron chi connectivity index (χ3n) is 4.31. The molecule has 2 unspecified atom stereocenters. The first-order valence-electron chi connectivity index (χ1n) is 7.15. The lowest BCUT2D eigenvalue weighted by Gasteiger charge is -2.19. The number of aromatic amines is 1. The zero-order valence-electron chi connectivity index (χ0n) is 12.1. The van der Waals surface area contributed by atoms with Gasteiger partial charge in [-0.1, -0.05) is 13.3 Å². The Morgan fingerprint density at radius 2 is 2.35 bits per heavy atom. The molecule has 0 saturated carbocycles. The summed E-state index contributed by atoms with van der Waals surface area (Å²) in [6.45, 7) is 10.0. The van der Waals surface area contributed by atoms with Gasteiger partial charge in [0.15, 0.2) is 5.82 Å². The topological polar surface area (TPSA) is 58.0 Å². The highest BCUT2D eigenvalue weighted by Gasteiger charge is 2.30. The summed E-state index contributed by atoms with van der Waals surface area (Å²) in [6, 6.07) is 2.03. The molecule has 1 aliphatic heterocycles. The summed E-state index contributed by atoms with van der Waals surface area (Å²) in [5.41, 5.74) is 2.30. The van der Waals surface area contributed by atoms with E-state index in [2.05, 4.69) is 38.5 Å². The van der Waals surface area contributed by atoms with E-state index in [-0.39, 0.29) is 0 Å². The summed E-state index contributed by atoms with van der Waals surface area (Å²) in [5, 5.41) is 3.50. The van der Waals surface area contributed by atoms with Gasteiger partial charge in [0.1, 0.15) is 5.82 Å². The number of nitrogens with zero attached hydrogens (tertiary/aromatic N) is 3. The Morgan fingerprint density at radius 1 is 1.50 bits per heavy atom. The second-order valence-corrected chi connectivity index (χ2v) is 5.37. The summed E-state index contributed by atoms with van der Waals surface area (Å²) in [6.07, 6.45) is 5.09. The fourth-order valence-corrected chi connectivity index (χ4v) is 3.20. The van der Waals surface area contributed by atoms with E-state index in [1.165, 1.54) is 12.1 Å². The van der Waals surface area contributed by atoms with Gasteiger partial charge in [-0.2, -0.15) is 0 Å². The number of aliphatic imine (C=N–C) groups is 1. The highest BCUT2D eigenvalue weighted by molar-refractivity contribution is 5.57. The van der Waals surface area contributed by atoms with Crippen molar-refractivity contribution in [2.45, 2.75) is 26.2 Å². The van der Waals surface area contributed by atoms with Crippen LogP contribution in [0.5, 0.6) is 0 Å².